The number of carbonyl (C=O) groups is 1. The van der Waals surface area contributed by atoms with Crippen LogP contribution in [0.5, 0.6) is 0 Å². The van der Waals surface area contributed by atoms with Gasteiger partial charge in [-0.2, -0.15) is 5.10 Å². The molecule has 2 rings (SSSR count). The van der Waals surface area contributed by atoms with Crippen LogP contribution in [0.25, 0.3) is 5.69 Å². The molecule has 0 unspecified atom stereocenters. The third kappa shape index (κ3) is 2.82. The number of hydrogen-bond acceptors (Lipinski definition) is 2. The number of aromatic nitrogens is 2. The van der Waals surface area contributed by atoms with Crippen LogP contribution in [0.2, 0.25) is 0 Å². The molecule has 1 aromatic heterocycles. The number of benzene rings is 1. The Morgan fingerprint density at radius 2 is 2.00 bits per heavy atom. The first-order valence-electron chi connectivity index (χ1n) is 6.44. The molecule has 0 saturated carbocycles. The van der Waals surface area contributed by atoms with Gasteiger partial charge in [-0.25, -0.2) is 9.48 Å². The van der Waals surface area contributed by atoms with E-state index in [2.05, 4.69) is 43.3 Å². The van der Waals surface area contributed by atoms with E-state index in [1.807, 2.05) is 13.0 Å². The number of aryl methyl sites for hydroxylation is 1. The van der Waals surface area contributed by atoms with Gasteiger partial charge in [0.05, 0.1) is 11.9 Å². The van der Waals surface area contributed by atoms with Crippen LogP contribution in [0, 0.1) is 6.92 Å². The summed E-state index contributed by atoms with van der Waals surface area (Å²) in [6.07, 6.45) is 0.477. The van der Waals surface area contributed by atoms with Crippen molar-refractivity contribution in [3.8, 4) is 5.69 Å². The van der Waals surface area contributed by atoms with Gasteiger partial charge in [-0.15, -0.1) is 0 Å². The van der Waals surface area contributed by atoms with Crippen molar-refractivity contribution >= 4 is 11.9 Å². The summed E-state index contributed by atoms with van der Waals surface area (Å²) in [5.74, 6) is 0.437. The molecule has 0 aliphatic carbocycles. The Kier molecular flexibility index (Phi) is 3.53. The Balaban J connectivity index is 2.52. The third-order valence-corrected chi connectivity index (χ3v) is 3.18. The zero-order valence-corrected chi connectivity index (χ0v) is 12.1. The molecule has 0 aliphatic rings. The third-order valence-electron chi connectivity index (χ3n) is 3.18. The molecule has 5 heteroatoms. The van der Waals surface area contributed by atoms with Crippen molar-refractivity contribution in [1.29, 1.82) is 0 Å². The molecule has 0 atom stereocenters. The lowest BCUT2D eigenvalue weighted by Crippen LogP contribution is -2.15. The van der Waals surface area contributed by atoms with Gasteiger partial charge in [0.2, 0.25) is 0 Å². The molecule has 106 valence electrons. The lowest BCUT2D eigenvalue weighted by molar-refractivity contribution is 0.209. The molecule has 5 nitrogen and oxygen atoms in total. The van der Waals surface area contributed by atoms with Gasteiger partial charge in [-0.05, 0) is 29.5 Å². The highest BCUT2D eigenvalue weighted by Crippen LogP contribution is 2.27. The molecular formula is C15H19N3O2. The van der Waals surface area contributed by atoms with Gasteiger partial charge in [0, 0.05) is 6.07 Å². The first-order chi connectivity index (χ1) is 9.29. The summed E-state index contributed by atoms with van der Waals surface area (Å²) in [5, 5.41) is 15.4. The van der Waals surface area contributed by atoms with E-state index >= 15 is 0 Å². The SMILES string of the molecule is Cc1ccc(C(C)(C)C)cc1-n1nccc1NC(=O)O. The van der Waals surface area contributed by atoms with Gasteiger partial charge in [0.1, 0.15) is 5.82 Å². The van der Waals surface area contributed by atoms with E-state index in [1.54, 1.807) is 16.9 Å². The van der Waals surface area contributed by atoms with Crippen molar-refractivity contribution < 1.29 is 9.90 Å². The van der Waals surface area contributed by atoms with E-state index in [0.717, 1.165) is 11.3 Å². The second-order valence-electron chi connectivity index (χ2n) is 5.81. The number of anilines is 1. The zero-order chi connectivity index (χ0) is 14.9. The lowest BCUT2D eigenvalue weighted by Gasteiger charge is -2.21. The van der Waals surface area contributed by atoms with Gasteiger partial charge in [0.15, 0.2) is 0 Å². The van der Waals surface area contributed by atoms with Crippen molar-refractivity contribution in [3.05, 3.63) is 41.6 Å². The topological polar surface area (TPSA) is 67.2 Å². The maximum Gasteiger partial charge on any atom is 0.410 e. The normalized spacial score (nSPS) is 11.4. The van der Waals surface area contributed by atoms with Crippen LogP contribution in [0.1, 0.15) is 31.9 Å². The highest BCUT2D eigenvalue weighted by Gasteiger charge is 2.17. The summed E-state index contributed by atoms with van der Waals surface area (Å²) >= 11 is 0. The summed E-state index contributed by atoms with van der Waals surface area (Å²) in [7, 11) is 0. The predicted molar refractivity (Wildman–Crippen MR) is 78.6 cm³/mol. The van der Waals surface area contributed by atoms with Crippen LogP contribution in [0.15, 0.2) is 30.5 Å². The highest BCUT2D eigenvalue weighted by atomic mass is 16.4. The average molecular weight is 273 g/mol. The van der Waals surface area contributed by atoms with Crippen LogP contribution in [-0.2, 0) is 5.41 Å². The van der Waals surface area contributed by atoms with E-state index in [-0.39, 0.29) is 5.41 Å². The van der Waals surface area contributed by atoms with Crippen molar-refractivity contribution in [3.63, 3.8) is 0 Å². The van der Waals surface area contributed by atoms with Crippen LogP contribution in [0.4, 0.5) is 10.6 Å². The Labute approximate surface area is 118 Å². The van der Waals surface area contributed by atoms with Crippen molar-refractivity contribution in [1.82, 2.24) is 9.78 Å². The second-order valence-corrected chi connectivity index (χ2v) is 5.81. The first-order valence-corrected chi connectivity index (χ1v) is 6.44. The number of amides is 1. The molecule has 0 fully saturated rings. The quantitative estimate of drug-likeness (QED) is 0.879. The monoisotopic (exact) mass is 273 g/mol. The van der Waals surface area contributed by atoms with Crippen molar-refractivity contribution in [2.24, 2.45) is 0 Å². The number of hydrogen-bond donors (Lipinski definition) is 2. The maximum atomic E-state index is 10.8. The number of nitrogens with zero attached hydrogens (tertiary/aromatic N) is 2. The number of rotatable bonds is 2. The molecule has 1 amide bonds. The van der Waals surface area contributed by atoms with Crippen LogP contribution in [-0.4, -0.2) is 21.0 Å². The van der Waals surface area contributed by atoms with Crippen LogP contribution < -0.4 is 5.32 Å². The second kappa shape index (κ2) is 5.00. The molecule has 20 heavy (non-hydrogen) atoms. The largest absolute Gasteiger partial charge is 0.465 e. The van der Waals surface area contributed by atoms with Crippen LogP contribution in [0.3, 0.4) is 0 Å². The molecule has 0 radical (unpaired) electrons. The summed E-state index contributed by atoms with van der Waals surface area (Å²) < 4.78 is 1.61. The highest BCUT2D eigenvalue weighted by molar-refractivity contribution is 5.82. The minimum atomic E-state index is -1.10. The van der Waals surface area contributed by atoms with Crippen LogP contribution >= 0.6 is 0 Å². The van der Waals surface area contributed by atoms with E-state index < -0.39 is 6.09 Å². The summed E-state index contributed by atoms with van der Waals surface area (Å²) in [6.45, 7) is 8.40. The molecule has 1 aromatic carbocycles. The fourth-order valence-corrected chi connectivity index (χ4v) is 2.00. The lowest BCUT2D eigenvalue weighted by atomic mass is 9.86. The van der Waals surface area contributed by atoms with Gasteiger partial charge in [-0.3, -0.25) is 5.32 Å². The molecule has 0 bridgehead atoms. The summed E-state index contributed by atoms with van der Waals surface area (Å²) in [6, 6.07) is 7.81. The standard InChI is InChI=1S/C15H19N3O2/c1-10-5-6-11(15(2,3)4)9-12(10)18-13(7-8-16-18)17-14(19)20/h5-9,17H,1-4H3,(H,19,20). The molecule has 0 spiro atoms. The van der Waals surface area contributed by atoms with Gasteiger partial charge in [-0.1, -0.05) is 32.9 Å². The average Bonchev–Trinajstić information content (AvgIpc) is 2.75. The first kappa shape index (κ1) is 14.1. The van der Waals surface area contributed by atoms with Crippen molar-refractivity contribution in [2.75, 3.05) is 5.32 Å². The maximum absolute atomic E-state index is 10.8. The molecular weight excluding hydrogens is 254 g/mol. The molecule has 2 N–H and O–H groups in total. The van der Waals surface area contributed by atoms with E-state index in [9.17, 15) is 4.79 Å². The Hall–Kier alpha value is -2.30. The van der Waals surface area contributed by atoms with Gasteiger partial charge in [0.25, 0.3) is 0 Å². The van der Waals surface area contributed by atoms with Gasteiger partial charge >= 0.3 is 6.09 Å². The predicted octanol–water partition coefficient (Wildman–Crippen LogP) is 3.57. The fraction of sp³-hybridized carbons (Fsp3) is 0.333. The Morgan fingerprint density at radius 1 is 1.30 bits per heavy atom. The molecule has 0 saturated heterocycles. The van der Waals surface area contributed by atoms with E-state index in [0.29, 0.717) is 5.82 Å². The Bertz CT molecular complexity index is 639. The fourth-order valence-electron chi connectivity index (χ4n) is 2.00. The van der Waals surface area contributed by atoms with E-state index in [4.69, 9.17) is 5.11 Å². The minimum absolute atomic E-state index is 0.0238. The van der Waals surface area contributed by atoms with E-state index in [1.165, 1.54) is 5.56 Å². The smallest absolute Gasteiger partial charge is 0.410 e. The van der Waals surface area contributed by atoms with Crippen molar-refractivity contribution in [2.45, 2.75) is 33.1 Å². The summed E-state index contributed by atoms with van der Waals surface area (Å²) in [5.41, 5.74) is 3.12. The molecule has 2 aromatic rings. The van der Waals surface area contributed by atoms with Gasteiger partial charge < -0.3 is 5.11 Å². The number of nitrogens with one attached hydrogen (secondary N) is 1. The summed E-state index contributed by atoms with van der Waals surface area (Å²) in [4.78, 5) is 10.8. The number of carboxylic acid groups (broad SMARTS) is 1. The Morgan fingerprint density at radius 3 is 2.60 bits per heavy atom. The molecule has 1 heterocycles. The zero-order valence-electron chi connectivity index (χ0n) is 12.1. The molecule has 0 aliphatic heterocycles. The minimum Gasteiger partial charge on any atom is -0.465 e.